The van der Waals surface area contributed by atoms with Crippen molar-refractivity contribution in [3.63, 3.8) is 0 Å². The van der Waals surface area contributed by atoms with Crippen LogP contribution in [-0.2, 0) is 16.6 Å². The predicted octanol–water partition coefficient (Wildman–Crippen LogP) is 4.66. The van der Waals surface area contributed by atoms with Gasteiger partial charge in [0.2, 0.25) is 0 Å². The van der Waals surface area contributed by atoms with Crippen molar-refractivity contribution in [2.45, 2.75) is 57.2 Å². The van der Waals surface area contributed by atoms with Crippen molar-refractivity contribution in [2.24, 2.45) is 0 Å². The number of alkyl halides is 1. The Morgan fingerprint density at radius 3 is 2.44 bits per heavy atom. The number of carbonyl (C=O) groups excluding carboxylic acids is 1. The maximum absolute atomic E-state index is 11.9. The molecule has 0 aliphatic carbocycles. The van der Waals surface area contributed by atoms with E-state index in [1.165, 1.54) is 11.1 Å². The Hall–Kier alpha value is -0.630. The van der Waals surface area contributed by atoms with E-state index in [1.54, 1.807) is 0 Å². The van der Waals surface area contributed by atoms with Crippen LogP contribution in [0.15, 0.2) is 24.3 Å². The fourth-order valence-corrected chi connectivity index (χ4v) is 2.72. The van der Waals surface area contributed by atoms with Gasteiger partial charge in [0, 0.05) is 6.42 Å². The van der Waals surface area contributed by atoms with Crippen molar-refractivity contribution in [3.8, 4) is 0 Å². The molecular formula is C16H23BrO. The Labute approximate surface area is 119 Å². The average molecular weight is 311 g/mol. The van der Waals surface area contributed by atoms with Crippen molar-refractivity contribution in [3.05, 3.63) is 35.4 Å². The third-order valence-electron chi connectivity index (χ3n) is 3.07. The van der Waals surface area contributed by atoms with E-state index < -0.39 is 0 Å². The van der Waals surface area contributed by atoms with Crippen molar-refractivity contribution < 1.29 is 4.79 Å². The first-order valence-electron chi connectivity index (χ1n) is 6.61. The molecule has 0 N–H and O–H groups in total. The second kappa shape index (κ2) is 6.51. The maximum atomic E-state index is 11.9. The second-order valence-corrected chi connectivity index (χ2v) is 6.90. The number of carbonyl (C=O) groups is 1. The molecule has 0 amide bonds. The van der Waals surface area contributed by atoms with E-state index in [4.69, 9.17) is 0 Å². The lowest BCUT2D eigenvalue weighted by Gasteiger charge is -2.23. The van der Waals surface area contributed by atoms with Crippen LogP contribution in [0, 0.1) is 0 Å². The van der Waals surface area contributed by atoms with Gasteiger partial charge in [-0.3, -0.25) is 4.79 Å². The summed E-state index contributed by atoms with van der Waals surface area (Å²) in [6.45, 7) is 8.68. The van der Waals surface area contributed by atoms with Gasteiger partial charge in [0.05, 0.1) is 4.83 Å². The molecule has 0 spiro atoms. The summed E-state index contributed by atoms with van der Waals surface area (Å²) in [5, 5.41) is 0. The Morgan fingerprint density at radius 2 is 1.89 bits per heavy atom. The van der Waals surface area contributed by atoms with Gasteiger partial charge >= 0.3 is 0 Å². The molecule has 0 aromatic heterocycles. The molecule has 1 aromatic rings. The van der Waals surface area contributed by atoms with Gasteiger partial charge in [-0.25, -0.2) is 0 Å². The minimum absolute atomic E-state index is 0.0547. The van der Waals surface area contributed by atoms with Gasteiger partial charge in [-0.05, 0) is 29.4 Å². The molecule has 0 fully saturated rings. The van der Waals surface area contributed by atoms with Crippen LogP contribution >= 0.6 is 15.9 Å². The van der Waals surface area contributed by atoms with E-state index in [-0.39, 0.29) is 10.2 Å². The van der Waals surface area contributed by atoms with Crippen molar-refractivity contribution in [2.75, 3.05) is 0 Å². The highest BCUT2D eigenvalue weighted by Crippen LogP contribution is 2.27. The summed E-state index contributed by atoms with van der Waals surface area (Å²) in [5.74, 6) is 0.307. The number of Topliss-reactive ketones (excluding diaryl/α,β-unsaturated/α-hetero) is 1. The Bertz CT molecular complexity index is 404. The first-order valence-corrected chi connectivity index (χ1v) is 7.53. The lowest BCUT2D eigenvalue weighted by atomic mass is 9.82. The summed E-state index contributed by atoms with van der Waals surface area (Å²) in [6, 6.07) is 8.42. The largest absolute Gasteiger partial charge is 0.298 e. The zero-order valence-electron chi connectivity index (χ0n) is 11.8. The first kappa shape index (κ1) is 15.4. The fraction of sp³-hybridized carbons (Fsp3) is 0.562. The summed E-state index contributed by atoms with van der Waals surface area (Å²) in [6.07, 6.45) is 2.36. The molecule has 1 nitrogen and oxygen atoms in total. The molecule has 0 saturated heterocycles. The lowest BCUT2D eigenvalue weighted by molar-refractivity contribution is -0.118. The summed E-state index contributed by atoms with van der Waals surface area (Å²) in [7, 11) is 0. The van der Waals surface area contributed by atoms with Crippen molar-refractivity contribution in [1.29, 1.82) is 0 Å². The lowest BCUT2D eigenvalue weighted by Crippen LogP contribution is -2.20. The number of rotatable bonds is 5. The van der Waals surface area contributed by atoms with Gasteiger partial charge in [-0.15, -0.1) is 0 Å². The van der Waals surface area contributed by atoms with Crippen molar-refractivity contribution >= 4 is 21.7 Å². The third kappa shape index (κ3) is 4.24. The zero-order chi connectivity index (χ0) is 13.8. The molecule has 0 bridgehead atoms. The molecule has 0 saturated carbocycles. The Morgan fingerprint density at radius 1 is 1.28 bits per heavy atom. The average Bonchev–Trinajstić information content (AvgIpc) is 2.28. The van der Waals surface area contributed by atoms with Crippen LogP contribution in [0.1, 0.15) is 51.7 Å². The minimum atomic E-state index is -0.0547. The number of ketones is 1. The highest BCUT2D eigenvalue weighted by atomic mass is 79.9. The molecule has 18 heavy (non-hydrogen) atoms. The molecule has 2 heteroatoms. The number of halogens is 1. The topological polar surface area (TPSA) is 17.1 Å². The van der Waals surface area contributed by atoms with E-state index in [9.17, 15) is 4.79 Å². The smallest absolute Gasteiger partial charge is 0.146 e. The highest BCUT2D eigenvalue weighted by molar-refractivity contribution is 9.10. The summed E-state index contributed by atoms with van der Waals surface area (Å²) < 4.78 is 0. The van der Waals surface area contributed by atoms with Crippen LogP contribution in [0.2, 0.25) is 0 Å². The molecule has 1 aromatic carbocycles. The summed E-state index contributed by atoms with van der Waals surface area (Å²) in [5.41, 5.74) is 2.73. The summed E-state index contributed by atoms with van der Waals surface area (Å²) in [4.78, 5) is 11.8. The zero-order valence-corrected chi connectivity index (χ0v) is 13.4. The summed E-state index contributed by atoms with van der Waals surface area (Å²) >= 11 is 3.53. The Balaban J connectivity index is 2.88. The normalized spacial score (nSPS) is 13.4. The molecule has 0 aliphatic heterocycles. The van der Waals surface area contributed by atoms with Crippen LogP contribution in [0.3, 0.4) is 0 Å². The third-order valence-corrected chi connectivity index (χ3v) is 3.90. The molecule has 1 unspecified atom stereocenters. The van der Waals surface area contributed by atoms with Gasteiger partial charge in [0.25, 0.3) is 0 Å². The maximum Gasteiger partial charge on any atom is 0.146 e. The van der Waals surface area contributed by atoms with E-state index in [0.717, 1.165) is 12.8 Å². The van der Waals surface area contributed by atoms with E-state index in [0.29, 0.717) is 12.2 Å². The second-order valence-electron chi connectivity index (χ2n) is 5.80. The van der Waals surface area contributed by atoms with Crippen LogP contribution in [0.5, 0.6) is 0 Å². The molecule has 0 radical (unpaired) electrons. The predicted molar refractivity (Wildman–Crippen MR) is 81.5 cm³/mol. The monoisotopic (exact) mass is 310 g/mol. The first-order chi connectivity index (χ1) is 8.36. The molecule has 100 valence electrons. The van der Waals surface area contributed by atoms with Crippen LogP contribution in [0.4, 0.5) is 0 Å². The molecule has 0 heterocycles. The minimum Gasteiger partial charge on any atom is -0.298 e. The quantitative estimate of drug-likeness (QED) is 0.723. The van der Waals surface area contributed by atoms with E-state index in [2.05, 4.69) is 61.0 Å². The van der Waals surface area contributed by atoms with Crippen LogP contribution in [0.25, 0.3) is 0 Å². The van der Waals surface area contributed by atoms with Crippen LogP contribution < -0.4 is 0 Å². The number of benzene rings is 1. The van der Waals surface area contributed by atoms with Crippen LogP contribution in [-0.4, -0.2) is 10.6 Å². The fourth-order valence-electron chi connectivity index (χ4n) is 2.14. The number of hydrogen-bond acceptors (Lipinski definition) is 1. The molecule has 0 aliphatic rings. The Kier molecular flexibility index (Phi) is 5.58. The standard InChI is InChI=1S/C16H23BrO/c1-5-8-15(18)14(17)11-12-9-6-7-10-13(12)16(2,3)4/h6-7,9-10,14H,5,8,11H2,1-4H3. The number of hydrogen-bond donors (Lipinski definition) is 0. The SMILES string of the molecule is CCCC(=O)C(Br)Cc1ccccc1C(C)(C)C. The van der Waals surface area contributed by atoms with Gasteiger partial charge in [0.1, 0.15) is 5.78 Å². The van der Waals surface area contributed by atoms with Gasteiger partial charge < -0.3 is 0 Å². The van der Waals surface area contributed by atoms with Gasteiger partial charge in [0.15, 0.2) is 0 Å². The van der Waals surface area contributed by atoms with Crippen molar-refractivity contribution in [1.82, 2.24) is 0 Å². The molecule has 1 atom stereocenters. The van der Waals surface area contributed by atoms with Gasteiger partial charge in [-0.2, -0.15) is 0 Å². The molecular weight excluding hydrogens is 288 g/mol. The molecule has 1 rings (SSSR count). The highest BCUT2D eigenvalue weighted by Gasteiger charge is 2.21. The van der Waals surface area contributed by atoms with E-state index >= 15 is 0 Å². The van der Waals surface area contributed by atoms with Gasteiger partial charge in [-0.1, -0.05) is 67.9 Å². The van der Waals surface area contributed by atoms with E-state index in [1.807, 2.05) is 6.92 Å².